The molecule has 0 bridgehead atoms. The Bertz CT molecular complexity index is 812. The molecule has 0 saturated carbocycles. The summed E-state index contributed by atoms with van der Waals surface area (Å²) in [6.07, 6.45) is 2.20. The number of benzene rings is 1. The molecule has 0 N–H and O–H groups in total. The van der Waals surface area contributed by atoms with Crippen LogP contribution in [0.2, 0.25) is 0 Å². The molecule has 0 radical (unpaired) electrons. The molecule has 0 spiro atoms. The monoisotopic (exact) mass is 395 g/mol. The van der Waals surface area contributed by atoms with E-state index in [9.17, 15) is 8.42 Å². The molecule has 1 aromatic carbocycles. The second kappa shape index (κ2) is 8.52. The van der Waals surface area contributed by atoms with Gasteiger partial charge in [0.15, 0.2) is 0 Å². The van der Waals surface area contributed by atoms with Gasteiger partial charge in [0.2, 0.25) is 10.0 Å². The molecule has 1 saturated heterocycles. The summed E-state index contributed by atoms with van der Waals surface area (Å²) < 4.78 is 39.2. The van der Waals surface area contributed by atoms with Gasteiger partial charge in [0, 0.05) is 30.7 Å². The molecule has 7 heteroatoms. The van der Waals surface area contributed by atoms with Crippen molar-refractivity contribution in [3.8, 4) is 5.75 Å². The number of ether oxygens (including phenoxy) is 2. The molecule has 1 aliphatic heterocycles. The summed E-state index contributed by atoms with van der Waals surface area (Å²) in [7, 11) is -1.99. The zero-order chi connectivity index (χ0) is 18.6. The molecule has 0 aliphatic carbocycles. The number of hydrogen-bond acceptors (Lipinski definition) is 5. The van der Waals surface area contributed by atoms with E-state index in [1.165, 1.54) is 4.88 Å². The van der Waals surface area contributed by atoms with Crippen LogP contribution in [0.3, 0.4) is 0 Å². The zero-order valence-electron chi connectivity index (χ0n) is 15.2. The Labute approximate surface area is 159 Å². The van der Waals surface area contributed by atoms with Crippen molar-refractivity contribution in [2.45, 2.75) is 37.1 Å². The van der Waals surface area contributed by atoms with Crippen LogP contribution in [-0.2, 0) is 21.2 Å². The molecule has 142 valence electrons. The molecular formula is C19H25NO4S2. The smallest absolute Gasteiger partial charge is 0.243 e. The maximum Gasteiger partial charge on any atom is 0.243 e. The van der Waals surface area contributed by atoms with Crippen LogP contribution in [-0.4, -0.2) is 45.6 Å². The molecule has 0 amide bonds. The van der Waals surface area contributed by atoms with Crippen molar-refractivity contribution in [1.82, 2.24) is 4.31 Å². The summed E-state index contributed by atoms with van der Waals surface area (Å²) in [5.74, 6) is 0.695. The fourth-order valence-electron chi connectivity index (χ4n) is 3.29. The van der Waals surface area contributed by atoms with E-state index in [1.807, 2.05) is 18.4 Å². The van der Waals surface area contributed by atoms with E-state index in [4.69, 9.17) is 9.47 Å². The van der Waals surface area contributed by atoms with E-state index in [-0.39, 0.29) is 6.04 Å². The Morgan fingerprint density at radius 3 is 2.65 bits per heavy atom. The Hall–Kier alpha value is -1.41. The number of thiophene rings is 1. The largest absolute Gasteiger partial charge is 0.496 e. The van der Waals surface area contributed by atoms with E-state index in [2.05, 4.69) is 6.07 Å². The average molecular weight is 396 g/mol. The minimum atomic E-state index is -3.57. The normalized spacial score (nSPS) is 16.1. The molecule has 3 rings (SSSR count). The maximum atomic E-state index is 13.4. The summed E-state index contributed by atoms with van der Waals surface area (Å²) in [5, 5.41) is 2.02. The molecule has 2 aromatic rings. The quantitative estimate of drug-likeness (QED) is 0.720. The van der Waals surface area contributed by atoms with Crippen LogP contribution in [0.1, 0.15) is 23.3 Å². The predicted molar refractivity (Wildman–Crippen MR) is 103 cm³/mol. The van der Waals surface area contributed by atoms with Crippen LogP contribution >= 0.6 is 11.3 Å². The van der Waals surface area contributed by atoms with Gasteiger partial charge in [0.1, 0.15) is 5.75 Å². The van der Waals surface area contributed by atoms with Gasteiger partial charge >= 0.3 is 0 Å². The summed E-state index contributed by atoms with van der Waals surface area (Å²) in [6, 6.07) is 9.10. The first-order chi connectivity index (χ1) is 12.5. The highest BCUT2D eigenvalue weighted by molar-refractivity contribution is 7.89. The van der Waals surface area contributed by atoms with Crippen LogP contribution in [0.5, 0.6) is 5.75 Å². The second-order valence-corrected chi connectivity index (χ2v) is 9.34. The van der Waals surface area contributed by atoms with E-state index in [0.29, 0.717) is 30.4 Å². The van der Waals surface area contributed by atoms with Gasteiger partial charge in [-0.2, -0.15) is 4.31 Å². The summed E-state index contributed by atoms with van der Waals surface area (Å²) in [6.45, 7) is 3.57. The number of rotatable bonds is 7. The number of aryl methyl sites for hydroxylation is 1. The van der Waals surface area contributed by atoms with E-state index >= 15 is 0 Å². The third kappa shape index (κ3) is 4.28. The third-order valence-corrected chi connectivity index (χ3v) is 7.61. The van der Waals surface area contributed by atoms with Crippen LogP contribution in [0, 0.1) is 6.92 Å². The predicted octanol–water partition coefficient (Wildman–Crippen LogP) is 3.48. The molecule has 1 aliphatic rings. The Balaban J connectivity index is 1.88. The van der Waals surface area contributed by atoms with Gasteiger partial charge in [-0.25, -0.2) is 8.42 Å². The second-order valence-electron chi connectivity index (χ2n) is 6.42. The van der Waals surface area contributed by atoms with Gasteiger partial charge in [-0.1, -0.05) is 6.07 Å². The van der Waals surface area contributed by atoms with Crippen molar-refractivity contribution in [2.75, 3.05) is 26.9 Å². The standard InChI is InChI=1S/C19H25NO4S2/c1-15-14-18(5-6-19(15)23-2)26(21,22)20(16-8-11-24-12-9-16)10-7-17-4-3-13-25-17/h3-6,13-14,16H,7-12H2,1-2H3. The van der Waals surface area contributed by atoms with Gasteiger partial charge in [-0.3, -0.25) is 0 Å². The lowest BCUT2D eigenvalue weighted by Crippen LogP contribution is -2.44. The van der Waals surface area contributed by atoms with Crippen molar-refractivity contribution >= 4 is 21.4 Å². The summed E-state index contributed by atoms with van der Waals surface area (Å²) in [5.41, 5.74) is 0.818. The highest BCUT2D eigenvalue weighted by Gasteiger charge is 2.32. The molecular weight excluding hydrogens is 370 g/mol. The fraction of sp³-hybridized carbons (Fsp3) is 0.474. The van der Waals surface area contributed by atoms with Crippen LogP contribution in [0.4, 0.5) is 0 Å². The lowest BCUT2D eigenvalue weighted by atomic mass is 10.1. The molecule has 1 aromatic heterocycles. The summed E-state index contributed by atoms with van der Waals surface area (Å²) in [4.78, 5) is 1.52. The van der Waals surface area contributed by atoms with Crippen molar-refractivity contribution in [2.24, 2.45) is 0 Å². The van der Waals surface area contributed by atoms with E-state index in [1.54, 1.807) is 41.0 Å². The van der Waals surface area contributed by atoms with Gasteiger partial charge in [-0.15, -0.1) is 11.3 Å². The van der Waals surface area contributed by atoms with Gasteiger partial charge in [0.05, 0.1) is 12.0 Å². The van der Waals surface area contributed by atoms with Crippen LogP contribution in [0.25, 0.3) is 0 Å². The molecule has 2 heterocycles. The minimum Gasteiger partial charge on any atom is -0.496 e. The minimum absolute atomic E-state index is 0.0175. The van der Waals surface area contributed by atoms with E-state index in [0.717, 1.165) is 24.8 Å². The first kappa shape index (κ1) is 19.4. The maximum absolute atomic E-state index is 13.4. The Morgan fingerprint density at radius 2 is 2.04 bits per heavy atom. The molecule has 5 nitrogen and oxygen atoms in total. The zero-order valence-corrected chi connectivity index (χ0v) is 16.8. The van der Waals surface area contributed by atoms with Crippen molar-refractivity contribution in [3.05, 3.63) is 46.2 Å². The van der Waals surface area contributed by atoms with Gasteiger partial charge in [0.25, 0.3) is 0 Å². The number of sulfonamides is 1. The summed E-state index contributed by atoms with van der Waals surface area (Å²) >= 11 is 1.66. The number of hydrogen-bond donors (Lipinski definition) is 0. The molecule has 0 unspecified atom stereocenters. The Morgan fingerprint density at radius 1 is 1.27 bits per heavy atom. The first-order valence-corrected chi connectivity index (χ1v) is 11.1. The third-order valence-electron chi connectivity index (χ3n) is 4.73. The lowest BCUT2D eigenvalue weighted by molar-refractivity contribution is 0.0587. The highest BCUT2D eigenvalue weighted by atomic mass is 32.2. The number of methoxy groups -OCH3 is 1. The SMILES string of the molecule is COc1ccc(S(=O)(=O)N(CCc2cccs2)C2CCOCC2)cc1C. The average Bonchev–Trinajstić information content (AvgIpc) is 3.16. The molecule has 26 heavy (non-hydrogen) atoms. The molecule has 0 atom stereocenters. The molecule has 1 fully saturated rings. The van der Waals surface area contributed by atoms with Gasteiger partial charge < -0.3 is 9.47 Å². The number of nitrogens with zero attached hydrogens (tertiary/aromatic N) is 1. The van der Waals surface area contributed by atoms with Gasteiger partial charge in [-0.05, 0) is 61.4 Å². The van der Waals surface area contributed by atoms with Crippen molar-refractivity contribution in [3.63, 3.8) is 0 Å². The lowest BCUT2D eigenvalue weighted by Gasteiger charge is -2.33. The van der Waals surface area contributed by atoms with Crippen molar-refractivity contribution < 1.29 is 17.9 Å². The van der Waals surface area contributed by atoms with Crippen LogP contribution < -0.4 is 4.74 Å². The fourth-order valence-corrected chi connectivity index (χ4v) is 5.76. The Kier molecular flexibility index (Phi) is 6.34. The van der Waals surface area contributed by atoms with Crippen molar-refractivity contribution in [1.29, 1.82) is 0 Å². The topological polar surface area (TPSA) is 55.8 Å². The first-order valence-electron chi connectivity index (χ1n) is 8.79. The van der Waals surface area contributed by atoms with Crippen LogP contribution in [0.15, 0.2) is 40.6 Å². The van der Waals surface area contributed by atoms with E-state index < -0.39 is 10.0 Å². The highest BCUT2D eigenvalue weighted by Crippen LogP contribution is 2.28.